The molecule has 4 nitrogen and oxygen atoms in total. The molecule has 0 radical (unpaired) electrons. The van der Waals surface area contributed by atoms with Crippen LogP contribution < -0.4 is 0 Å². The minimum atomic E-state index is -0.964. The number of rotatable bonds is 8. The standard InChI is InChI=1S/C32H35N3O/c36-31-32(28-13-6-2-7-14-28,29-15-8-3-9-16-29)33-30(27-17-18-27)35(31)22-10-21-34-23-19-26(20-24-34)25-11-4-1-5-12-25/h1-9,11-16,26-27H,10,17-24H2. The second-order valence-electron chi connectivity index (χ2n) is 10.5. The van der Waals surface area contributed by atoms with E-state index in [0.717, 1.165) is 62.4 Å². The number of amides is 1. The van der Waals surface area contributed by atoms with Gasteiger partial charge in [-0.25, -0.2) is 4.99 Å². The van der Waals surface area contributed by atoms with Crippen molar-refractivity contribution in [3.63, 3.8) is 0 Å². The SMILES string of the molecule is O=C1N(CCCN2CCC(c3ccccc3)CC2)C(C2CC2)=NC1(c1ccccc1)c1ccccc1. The minimum absolute atomic E-state index is 0.115. The molecule has 0 atom stereocenters. The van der Waals surface area contributed by atoms with E-state index in [0.29, 0.717) is 11.8 Å². The van der Waals surface area contributed by atoms with Gasteiger partial charge in [0, 0.05) is 12.5 Å². The predicted octanol–water partition coefficient (Wildman–Crippen LogP) is 5.85. The molecule has 1 saturated carbocycles. The third kappa shape index (κ3) is 4.39. The van der Waals surface area contributed by atoms with Crippen LogP contribution in [0.15, 0.2) is 96.0 Å². The molecule has 0 spiro atoms. The summed E-state index contributed by atoms with van der Waals surface area (Å²) in [7, 11) is 0. The Morgan fingerprint density at radius 1 is 0.694 bits per heavy atom. The van der Waals surface area contributed by atoms with Gasteiger partial charge in [-0.3, -0.25) is 9.69 Å². The quantitative estimate of drug-likeness (QED) is 0.408. The van der Waals surface area contributed by atoms with Crippen LogP contribution in [0.25, 0.3) is 0 Å². The van der Waals surface area contributed by atoms with Crippen molar-refractivity contribution in [2.75, 3.05) is 26.2 Å². The highest BCUT2D eigenvalue weighted by molar-refractivity contribution is 6.11. The Kier molecular flexibility index (Phi) is 6.45. The topological polar surface area (TPSA) is 35.9 Å². The highest BCUT2D eigenvalue weighted by atomic mass is 16.2. The Balaban J connectivity index is 1.16. The molecule has 6 rings (SSSR count). The maximum Gasteiger partial charge on any atom is 0.265 e. The van der Waals surface area contributed by atoms with Crippen molar-refractivity contribution in [2.24, 2.45) is 10.9 Å². The van der Waals surface area contributed by atoms with Gasteiger partial charge in [-0.2, -0.15) is 0 Å². The summed E-state index contributed by atoms with van der Waals surface area (Å²) in [6.45, 7) is 4.05. The number of benzene rings is 3. The number of likely N-dealkylation sites (tertiary alicyclic amines) is 1. The van der Waals surface area contributed by atoms with E-state index in [-0.39, 0.29) is 5.91 Å². The number of carbonyl (C=O) groups excluding carboxylic acids is 1. The predicted molar refractivity (Wildman–Crippen MR) is 145 cm³/mol. The molecule has 3 aliphatic rings. The van der Waals surface area contributed by atoms with Crippen molar-refractivity contribution >= 4 is 11.7 Å². The fourth-order valence-electron chi connectivity index (χ4n) is 6.02. The smallest absolute Gasteiger partial charge is 0.265 e. The lowest BCUT2D eigenvalue weighted by molar-refractivity contribution is -0.130. The van der Waals surface area contributed by atoms with E-state index >= 15 is 0 Å². The molecule has 3 aromatic carbocycles. The molecule has 36 heavy (non-hydrogen) atoms. The van der Waals surface area contributed by atoms with Crippen molar-refractivity contribution in [2.45, 2.75) is 43.6 Å². The lowest BCUT2D eigenvalue weighted by atomic mass is 9.83. The molecule has 2 aliphatic heterocycles. The van der Waals surface area contributed by atoms with Gasteiger partial charge >= 0.3 is 0 Å². The summed E-state index contributed by atoms with van der Waals surface area (Å²) < 4.78 is 0. The molecule has 4 heteroatoms. The molecule has 1 aliphatic carbocycles. The molecule has 0 N–H and O–H groups in total. The van der Waals surface area contributed by atoms with Gasteiger partial charge < -0.3 is 4.90 Å². The Hall–Kier alpha value is -3.24. The van der Waals surface area contributed by atoms with Crippen molar-refractivity contribution in [1.29, 1.82) is 0 Å². The van der Waals surface area contributed by atoms with E-state index in [4.69, 9.17) is 4.99 Å². The summed E-state index contributed by atoms with van der Waals surface area (Å²) in [5, 5.41) is 0. The van der Waals surface area contributed by atoms with Crippen molar-refractivity contribution < 1.29 is 4.79 Å². The van der Waals surface area contributed by atoms with Crippen LogP contribution >= 0.6 is 0 Å². The molecule has 0 aromatic heterocycles. The summed E-state index contributed by atoms with van der Waals surface area (Å²) in [5.41, 5.74) is 2.44. The molecule has 2 fully saturated rings. The number of carbonyl (C=O) groups is 1. The maximum atomic E-state index is 14.3. The Labute approximate surface area is 214 Å². The van der Waals surface area contributed by atoms with E-state index in [2.05, 4.69) is 59.5 Å². The van der Waals surface area contributed by atoms with Crippen LogP contribution in [0.3, 0.4) is 0 Å². The van der Waals surface area contributed by atoms with Gasteiger partial charge in [-0.15, -0.1) is 0 Å². The van der Waals surface area contributed by atoms with Crippen LogP contribution in [-0.4, -0.2) is 47.7 Å². The summed E-state index contributed by atoms with van der Waals surface area (Å²) in [6, 6.07) is 31.2. The van der Waals surface area contributed by atoms with Crippen LogP contribution in [0.5, 0.6) is 0 Å². The third-order valence-electron chi connectivity index (χ3n) is 8.15. The molecule has 184 valence electrons. The maximum absolute atomic E-state index is 14.3. The second-order valence-corrected chi connectivity index (χ2v) is 10.5. The van der Waals surface area contributed by atoms with Gasteiger partial charge in [0.1, 0.15) is 5.84 Å². The number of aliphatic imine (C=N–C) groups is 1. The summed E-state index contributed by atoms with van der Waals surface area (Å²) in [5.74, 6) is 2.22. The zero-order chi connectivity index (χ0) is 24.4. The number of hydrogen-bond donors (Lipinski definition) is 0. The van der Waals surface area contributed by atoms with E-state index in [1.807, 2.05) is 41.3 Å². The number of piperidine rings is 1. The fourth-order valence-corrected chi connectivity index (χ4v) is 6.02. The molecule has 0 unspecified atom stereocenters. The number of amidine groups is 1. The van der Waals surface area contributed by atoms with Crippen molar-refractivity contribution in [3.05, 3.63) is 108 Å². The van der Waals surface area contributed by atoms with E-state index in [1.54, 1.807) is 0 Å². The fraction of sp³-hybridized carbons (Fsp3) is 0.375. The molecule has 0 bridgehead atoms. The lowest BCUT2D eigenvalue weighted by Gasteiger charge is -2.33. The third-order valence-corrected chi connectivity index (χ3v) is 8.15. The number of nitrogens with zero attached hydrogens (tertiary/aromatic N) is 3. The Morgan fingerprint density at radius 3 is 1.81 bits per heavy atom. The molecule has 3 aromatic rings. The van der Waals surface area contributed by atoms with Crippen molar-refractivity contribution in [1.82, 2.24) is 9.80 Å². The highest BCUT2D eigenvalue weighted by Crippen LogP contribution is 2.45. The van der Waals surface area contributed by atoms with E-state index in [9.17, 15) is 4.79 Å². The van der Waals surface area contributed by atoms with Crippen molar-refractivity contribution in [3.8, 4) is 0 Å². The monoisotopic (exact) mass is 477 g/mol. The molecule has 1 amide bonds. The second kappa shape index (κ2) is 10.0. The summed E-state index contributed by atoms with van der Waals surface area (Å²) in [4.78, 5) is 24.1. The average molecular weight is 478 g/mol. The van der Waals surface area contributed by atoms with E-state index < -0.39 is 5.54 Å². The first-order valence-electron chi connectivity index (χ1n) is 13.6. The van der Waals surface area contributed by atoms with Gasteiger partial charge in [0.2, 0.25) is 0 Å². The van der Waals surface area contributed by atoms with Crippen LogP contribution in [0, 0.1) is 5.92 Å². The molecule has 1 saturated heterocycles. The highest BCUT2D eigenvalue weighted by Gasteiger charge is 2.53. The molecular weight excluding hydrogens is 442 g/mol. The largest absolute Gasteiger partial charge is 0.303 e. The van der Waals surface area contributed by atoms with Gasteiger partial charge in [0.05, 0.1) is 0 Å². The minimum Gasteiger partial charge on any atom is -0.303 e. The zero-order valence-corrected chi connectivity index (χ0v) is 20.9. The first kappa shape index (κ1) is 23.2. The van der Waals surface area contributed by atoms with Gasteiger partial charge in [-0.05, 0) is 74.3 Å². The van der Waals surface area contributed by atoms with Gasteiger partial charge in [0.25, 0.3) is 5.91 Å². The Morgan fingerprint density at radius 2 is 1.25 bits per heavy atom. The van der Waals surface area contributed by atoms with Gasteiger partial charge in [-0.1, -0.05) is 91.0 Å². The Bertz CT molecular complexity index is 1160. The first-order chi connectivity index (χ1) is 17.8. The average Bonchev–Trinajstić information content (AvgIpc) is 3.75. The van der Waals surface area contributed by atoms with Gasteiger partial charge in [0.15, 0.2) is 5.54 Å². The molecular formula is C32H35N3O. The van der Waals surface area contributed by atoms with Crippen LogP contribution in [-0.2, 0) is 10.3 Å². The molecule has 2 heterocycles. The zero-order valence-electron chi connectivity index (χ0n) is 20.9. The number of hydrogen-bond acceptors (Lipinski definition) is 3. The van der Waals surface area contributed by atoms with Crippen LogP contribution in [0.1, 0.15) is 54.7 Å². The first-order valence-corrected chi connectivity index (χ1v) is 13.6. The summed E-state index contributed by atoms with van der Waals surface area (Å²) >= 11 is 0. The normalized spacial score (nSPS) is 20.5. The van der Waals surface area contributed by atoms with Crippen LogP contribution in [0.4, 0.5) is 0 Å². The van der Waals surface area contributed by atoms with E-state index in [1.165, 1.54) is 18.4 Å². The summed E-state index contributed by atoms with van der Waals surface area (Å²) in [6.07, 6.45) is 5.68. The lowest BCUT2D eigenvalue weighted by Crippen LogP contribution is -2.43. The van der Waals surface area contributed by atoms with Crippen LogP contribution in [0.2, 0.25) is 0 Å².